The van der Waals surface area contributed by atoms with Crippen molar-refractivity contribution in [3.8, 4) is 0 Å². The third kappa shape index (κ3) is 2.99. The quantitative estimate of drug-likeness (QED) is 0.793. The van der Waals surface area contributed by atoms with Gasteiger partial charge in [0, 0.05) is 19.0 Å². The monoisotopic (exact) mass is 309 g/mol. The van der Waals surface area contributed by atoms with Crippen molar-refractivity contribution in [3.63, 3.8) is 0 Å². The second kappa shape index (κ2) is 5.78. The molecule has 2 aromatic carbocycles. The number of aromatic nitrogens is 2. The highest BCUT2D eigenvalue weighted by molar-refractivity contribution is 5.75. The summed E-state index contributed by atoms with van der Waals surface area (Å²) in [5, 5.41) is 0. The summed E-state index contributed by atoms with van der Waals surface area (Å²) in [6, 6.07) is 13.1. The van der Waals surface area contributed by atoms with Crippen molar-refractivity contribution in [1.29, 1.82) is 0 Å². The number of aromatic amines is 1. The number of fused-ring (bicyclic) bond motifs is 1. The Labute approximate surface area is 135 Å². The van der Waals surface area contributed by atoms with Gasteiger partial charge in [-0.2, -0.15) is 0 Å². The fourth-order valence-electron chi connectivity index (χ4n) is 3.38. The maximum atomic E-state index is 13.0. The molecule has 0 amide bonds. The first-order valence-electron chi connectivity index (χ1n) is 8.10. The molecular weight excluding hydrogens is 289 g/mol. The first-order valence-corrected chi connectivity index (χ1v) is 8.10. The molecule has 0 spiro atoms. The molecule has 0 saturated carbocycles. The zero-order valence-corrected chi connectivity index (χ0v) is 13.2. The predicted molar refractivity (Wildman–Crippen MR) is 89.9 cm³/mol. The van der Waals surface area contributed by atoms with Gasteiger partial charge in [0.2, 0.25) is 0 Å². The van der Waals surface area contributed by atoms with E-state index in [1.807, 2.05) is 12.1 Å². The maximum absolute atomic E-state index is 13.0. The van der Waals surface area contributed by atoms with E-state index in [4.69, 9.17) is 4.98 Å². The average molecular weight is 309 g/mol. The molecule has 3 aromatic rings. The molecule has 1 N–H and O–H groups in total. The van der Waals surface area contributed by atoms with Gasteiger partial charge < -0.3 is 4.98 Å². The topological polar surface area (TPSA) is 31.9 Å². The molecule has 0 unspecified atom stereocenters. The van der Waals surface area contributed by atoms with E-state index < -0.39 is 0 Å². The van der Waals surface area contributed by atoms with Gasteiger partial charge >= 0.3 is 0 Å². The minimum absolute atomic E-state index is 0.175. The Balaban J connectivity index is 1.47. The number of imidazole rings is 1. The summed E-state index contributed by atoms with van der Waals surface area (Å²) in [6.07, 6.45) is 1.11. The lowest BCUT2D eigenvalue weighted by molar-refractivity contribution is 0.326. The number of likely N-dealkylation sites (tertiary alicyclic amines) is 1. The van der Waals surface area contributed by atoms with Crippen LogP contribution >= 0.6 is 0 Å². The van der Waals surface area contributed by atoms with Crippen molar-refractivity contribution < 1.29 is 4.39 Å². The predicted octanol–water partition coefficient (Wildman–Crippen LogP) is 4.00. The van der Waals surface area contributed by atoms with Crippen molar-refractivity contribution in [1.82, 2.24) is 14.9 Å². The van der Waals surface area contributed by atoms with Crippen LogP contribution in [0.4, 0.5) is 4.39 Å². The van der Waals surface area contributed by atoms with Crippen LogP contribution in [0.25, 0.3) is 11.0 Å². The number of H-pyrrole nitrogens is 1. The molecule has 1 aliphatic rings. The zero-order chi connectivity index (χ0) is 15.8. The summed E-state index contributed by atoms with van der Waals surface area (Å²) in [7, 11) is 0. The minimum Gasteiger partial charge on any atom is -0.342 e. The molecule has 1 aliphatic heterocycles. The van der Waals surface area contributed by atoms with Crippen LogP contribution in [0.5, 0.6) is 0 Å². The molecule has 4 rings (SSSR count). The molecular formula is C19H20FN3. The highest BCUT2D eigenvalue weighted by Crippen LogP contribution is 2.28. The minimum atomic E-state index is -0.175. The number of rotatable bonds is 3. The van der Waals surface area contributed by atoms with Crippen molar-refractivity contribution in [2.45, 2.75) is 25.8 Å². The third-order valence-electron chi connectivity index (χ3n) is 4.63. The smallest absolute Gasteiger partial charge is 0.123 e. The van der Waals surface area contributed by atoms with Crippen molar-refractivity contribution in [3.05, 3.63) is 65.2 Å². The van der Waals surface area contributed by atoms with Gasteiger partial charge in [0.1, 0.15) is 11.6 Å². The second-order valence-electron chi connectivity index (χ2n) is 6.49. The van der Waals surface area contributed by atoms with E-state index >= 15 is 0 Å². The Morgan fingerprint density at radius 3 is 2.87 bits per heavy atom. The van der Waals surface area contributed by atoms with Gasteiger partial charge in [0.25, 0.3) is 0 Å². The van der Waals surface area contributed by atoms with Crippen LogP contribution in [0.3, 0.4) is 0 Å². The van der Waals surface area contributed by atoms with Gasteiger partial charge in [0.05, 0.1) is 11.0 Å². The summed E-state index contributed by atoms with van der Waals surface area (Å²) >= 11 is 0. The molecule has 0 aliphatic carbocycles. The number of benzene rings is 2. The fraction of sp³-hybridized carbons (Fsp3) is 0.316. The van der Waals surface area contributed by atoms with Gasteiger partial charge in [-0.3, -0.25) is 4.90 Å². The van der Waals surface area contributed by atoms with E-state index in [1.54, 1.807) is 0 Å². The Morgan fingerprint density at radius 1 is 1.22 bits per heavy atom. The van der Waals surface area contributed by atoms with Crippen LogP contribution in [-0.2, 0) is 6.54 Å². The van der Waals surface area contributed by atoms with Gasteiger partial charge in [-0.05, 0) is 55.3 Å². The molecule has 1 atom stereocenters. The van der Waals surface area contributed by atoms with Crippen molar-refractivity contribution in [2.24, 2.45) is 0 Å². The number of nitrogens with zero attached hydrogens (tertiary/aromatic N) is 2. The molecule has 1 fully saturated rings. The average Bonchev–Trinajstić information content (AvgIpc) is 3.15. The lowest BCUT2D eigenvalue weighted by atomic mass is 10.1. The van der Waals surface area contributed by atoms with Gasteiger partial charge in [-0.1, -0.05) is 18.2 Å². The second-order valence-corrected chi connectivity index (χ2v) is 6.49. The normalized spacial score (nSPS) is 18.8. The summed E-state index contributed by atoms with van der Waals surface area (Å²) < 4.78 is 13.0. The first kappa shape index (κ1) is 14.4. The SMILES string of the molecule is Cc1ccc2nc([C@H]3CCN(Cc4ccc(F)cc4)C3)[nH]c2c1. The first-order chi connectivity index (χ1) is 11.2. The highest BCUT2D eigenvalue weighted by Gasteiger charge is 2.26. The van der Waals surface area contributed by atoms with Gasteiger partial charge in [-0.15, -0.1) is 0 Å². The van der Waals surface area contributed by atoms with Crippen molar-refractivity contribution >= 4 is 11.0 Å². The van der Waals surface area contributed by atoms with Crippen molar-refractivity contribution in [2.75, 3.05) is 13.1 Å². The molecule has 0 radical (unpaired) electrons. The van der Waals surface area contributed by atoms with E-state index in [9.17, 15) is 4.39 Å². The lowest BCUT2D eigenvalue weighted by Crippen LogP contribution is -2.19. The molecule has 1 aromatic heterocycles. The van der Waals surface area contributed by atoms with E-state index in [-0.39, 0.29) is 5.82 Å². The summed E-state index contributed by atoms with van der Waals surface area (Å²) in [6.45, 7) is 5.02. The van der Waals surface area contributed by atoms with Gasteiger partial charge in [-0.25, -0.2) is 9.37 Å². The zero-order valence-electron chi connectivity index (χ0n) is 13.2. The third-order valence-corrected chi connectivity index (χ3v) is 4.63. The summed E-state index contributed by atoms with van der Waals surface area (Å²) in [5.41, 5.74) is 4.57. The fourth-order valence-corrected chi connectivity index (χ4v) is 3.38. The maximum Gasteiger partial charge on any atom is 0.123 e. The highest BCUT2D eigenvalue weighted by atomic mass is 19.1. The number of aryl methyl sites for hydroxylation is 1. The molecule has 4 heteroatoms. The Kier molecular flexibility index (Phi) is 3.62. The molecule has 23 heavy (non-hydrogen) atoms. The van der Waals surface area contributed by atoms with Crippen LogP contribution < -0.4 is 0 Å². The van der Waals surface area contributed by atoms with Crippen LogP contribution in [0.15, 0.2) is 42.5 Å². The van der Waals surface area contributed by atoms with Gasteiger partial charge in [0.15, 0.2) is 0 Å². The largest absolute Gasteiger partial charge is 0.342 e. The van der Waals surface area contributed by atoms with E-state index in [0.29, 0.717) is 5.92 Å². The van der Waals surface area contributed by atoms with Crippen LogP contribution in [0.1, 0.15) is 29.3 Å². The van der Waals surface area contributed by atoms with E-state index in [0.717, 1.165) is 48.5 Å². The van der Waals surface area contributed by atoms with Crippen LogP contribution in [-0.4, -0.2) is 28.0 Å². The molecule has 3 nitrogen and oxygen atoms in total. The van der Waals surface area contributed by atoms with E-state index in [2.05, 4.69) is 35.0 Å². The van der Waals surface area contributed by atoms with E-state index in [1.165, 1.54) is 17.7 Å². The Bertz CT molecular complexity index is 822. The number of hydrogen-bond acceptors (Lipinski definition) is 2. The summed E-state index contributed by atoms with van der Waals surface area (Å²) in [5.74, 6) is 1.36. The lowest BCUT2D eigenvalue weighted by Gasteiger charge is -2.15. The number of halogens is 1. The van der Waals surface area contributed by atoms with Crippen LogP contribution in [0, 0.1) is 12.7 Å². The number of nitrogens with one attached hydrogen (secondary N) is 1. The number of hydrogen-bond donors (Lipinski definition) is 1. The van der Waals surface area contributed by atoms with Crippen LogP contribution in [0.2, 0.25) is 0 Å². The Hall–Kier alpha value is -2.20. The standard InChI is InChI=1S/C19H20FN3/c1-13-2-7-17-18(10-13)22-19(21-17)15-8-9-23(12-15)11-14-3-5-16(20)6-4-14/h2-7,10,15H,8-9,11-12H2,1H3,(H,21,22)/t15-/m0/s1. The molecule has 0 bridgehead atoms. The molecule has 2 heterocycles. The molecule has 118 valence electrons. The molecule has 1 saturated heterocycles. The Morgan fingerprint density at radius 2 is 2.04 bits per heavy atom. The summed E-state index contributed by atoms with van der Waals surface area (Å²) in [4.78, 5) is 10.7.